The monoisotopic (exact) mass is 172 g/mol. The number of carbonyl (C=O) groups excluding carboxylic acids is 1. The molecule has 1 amide bonds. The Bertz CT molecular complexity index is 161. The summed E-state index contributed by atoms with van der Waals surface area (Å²) in [6.45, 7) is 1.53. The molecule has 1 aliphatic carbocycles. The van der Waals surface area contributed by atoms with E-state index >= 15 is 0 Å². The van der Waals surface area contributed by atoms with Crippen LogP contribution in [-0.2, 0) is 9.63 Å². The van der Waals surface area contributed by atoms with Gasteiger partial charge in [0.15, 0.2) is 0 Å². The molecular formula is C8H16N2O2. The van der Waals surface area contributed by atoms with Crippen molar-refractivity contribution in [2.45, 2.75) is 44.8 Å². The van der Waals surface area contributed by atoms with Crippen LogP contribution in [0.3, 0.4) is 0 Å². The molecule has 1 rings (SSSR count). The van der Waals surface area contributed by atoms with Gasteiger partial charge in [0.1, 0.15) is 0 Å². The average Bonchev–Trinajstić information content (AvgIpc) is 2.03. The second-order valence-corrected chi connectivity index (χ2v) is 3.32. The van der Waals surface area contributed by atoms with Gasteiger partial charge in [-0.1, -0.05) is 0 Å². The number of rotatable bonds is 2. The number of nitrogens with two attached hydrogens (primary N) is 1. The lowest BCUT2D eigenvalue weighted by atomic mass is 9.93. The van der Waals surface area contributed by atoms with Crippen LogP contribution < -0.4 is 11.2 Å². The molecule has 0 aromatic heterocycles. The van der Waals surface area contributed by atoms with Crippen LogP contribution in [-0.4, -0.2) is 18.1 Å². The van der Waals surface area contributed by atoms with Gasteiger partial charge in [-0.25, -0.2) is 5.90 Å². The lowest BCUT2D eigenvalue weighted by Crippen LogP contribution is -2.40. The number of hydrogen-bond donors (Lipinski definition) is 2. The van der Waals surface area contributed by atoms with Crippen LogP contribution in [0.25, 0.3) is 0 Å². The molecular weight excluding hydrogens is 156 g/mol. The zero-order chi connectivity index (χ0) is 8.97. The van der Waals surface area contributed by atoms with Crippen LogP contribution >= 0.6 is 0 Å². The van der Waals surface area contributed by atoms with E-state index in [2.05, 4.69) is 5.32 Å². The molecule has 1 fully saturated rings. The van der Waals surface area contributed by atoms with Crippen molar-refractivity contribution in [3.63, 3.8) is 0 Å². The highest BCUT2D eigenvalue weighted by Crippen LogP contribution is 2.19. The third kappa shape index (κ3) is 2.79. The molecule has 3 N–H and O–H groups in total. The Balaban J connectivity index is 2.30. The van der Waals surface area contributed by atoms with Gasteiger partial charge in [0, 0.05) is 13.0 Å². The molecule has 0 spiro atoms. The molecule has 1 aliphatic rings. The smallest absolute Gasteiger partial charge is 0.217 e. The number of hydrogen-bond acceptors (Lipinski definition) is 3. The van der Waals surface area contributed by atoms with Crippen molar-refractivity contribution in [2.75, 3.05) is 0 Å². The van der Waals surface area contributed by atoms with E-state index in [0.717, 1.165) is 25.7 Å². The third-order valence-electron chi connectivity index (χ3n) is 2.23. The van der Waals surface area contributed by atoms with Crippen LogP contribution in [0.5, 0.6) is 0 Å². The predicted octanol–water partition coefficient (Wildman–Crippen LogP) is 0.324. The van der Waals surface area contributed by atoms with E-state index in [9.17, 15) is 4.79 Å². The normalized spacial score (nSPS) is 29.8. The van der Waals surface area contributed by atoms with Gasteiger partial charge in [-0.15, -0.1) is 0 Å². The highest BCUT2D eigenvalue weighted by molar-refractivity contribution is 5.73. The van der Waals surface area contributed by atoms with E-state index < -0.39 is 0 Å². The Hall–Kier alpha value is -0.610. The first-order valence-electron chi connectivity index (χ1n) is 4.35. The SMILES string of the molecule is CC(=O)N[C@@H]1CCC[C@@H](ON)C1. The Kier molecular flexibility index (Phi) is 3.49. The minimum Gasteiger partial charge on any atom is -0.354 e. The summed E-state index contributed by atoms with van der Waals surface area (Å²) < 4.78 is 0. The molecule has 0 aromatic rings. The number of carbonyl (C=O) groups is 1. The van der Waals surface area contributed by atoms with Crippen molar-refractivity contribution in [1.82, 2.24) is 5.32 Å². The van der Waals surface area contributed by atoms with Crippen LogP contribution in [0.2, 0.25) is 0 Å². The van der Waals surface area contributed by atoms with E-state index in [1.807, 2.05) is 0 Å². The molecule has 12 heavy (non-hydrogen) atoms. The topological polar surface area (TPSA) is 64.3 Å². The summed E-state index contributed by atoms with van der Waals surface area (Å²) in [7, 11) is 0. The summed E-state index contributed by atoms with van der Waals surface area (Å²) in [5.74, 6) is 5.11. The molecule has 4 nitrogen and oxygen atoms in total. The van der Waals surface area contributed by atoms with Crippen molar-refractivity contribution in [2.24, 2.45) is 5.90 Å². The maximum atomic E-state index is 10.7. The highest BCUT2D eigenvalue weighted by atomic mass is 16.6. The summed E-state index contributed by atoms with van der Waals surface area (Å²) in [4.78, 5) is 15.5. The fourth-order valence-corrected chi connectivity index (χ4v) is 1.69. The quantitative estimate of drug-likeness (QED) is 0.590. The maximum absolute atomic E-state index is 10.7. The fourth-order valence-electron chi connectivity index (χ4n) is 1.69. The summed E-state index contributed by atoms with van der Waals surface area (Å²) in [5, 5.41) is 2.87. The van der Waals surface area contributed by atoms with E-state index in [0.29, 0.717) is 0 Å². The van der Waals surface area contributed by atoms with Crippen molar-refractivity contribution in [3.05, 3.63) is 0 Å². The fraction of sp³-hybridized carbons (Fsp3) is 0.875. The van der Waals surface area contributed by atoms with Crippen LogP contribution in [0.1, 0.15) is 32.6 Å². The zero-order valence-corrected chi connectivity index (χ0v) is 7.38. The first-order chi connectivity index (χ1) is 5.72. The standard InChI is InChI=1S/C8H16N2O2/c1-6(11)10-7-3-2-4-8(5-7)12-9/h7-8H,2-5,9H2,1H3,(H,10,11)/t7-,8-/m1/s1. The first kappa shape index (κ1) is 9.48. The van der Waals surface area contributed by atoms with Crippen molar-refractivity contribution in [3.8, 4) is 0 Å². The minimum atomic E-state index is 0.0256. The Morgan fingerprint density at radius 2 is 2.33 bits per heavy atom. The molecule has 0 heterocycles. The van der Waals surface area contributed by atoms with E-state index in [1.165, 1.54) is 6.92 Å². The van der Waals surface area contributed by atoms with Gasteiger partial charge in [-0.05, 0) is 25.7 Å². The number of nitrogens with one attached hydrogen (secondary N) is 1. The molecule has 1 saturated carbocycles. The highest BCUT2D eigenvalue weighted by Gasteiger charge is 2.22. The number of amides is 1. The van der Waals surface area contributed by atoms with Gasteiger partial charge in [-0.2, -0.15) is 0 Å². The molecule has 0 bridgehead atoms. The van der Waals surface area contributed by atoms with Crippen LogP contribution in [0, 0.1) is 0 Å². The largest absolute Gasteiger partial charge is 0.354 e. The van der Waals surface area contributed by atoms with Gasteiger partial charge in [0.25, 0.3) is 0 Å². The van der Waals surface area contributed by atoms with Crippen LogP contribution in [0.15, 0.2) is 0 Å². The zero-order valence-electron chi connectivity index (χ0n) is 7.38. The Morgan fingerprint density at radius 1 is 1.58 bits per heavy atom. The third-order valence-corrected chi connectivity index (χ3v) is 2.23. The molecule has 70 valence electrons. The molecule has 4 heteroatoms. The van der Waals surface area contributed by atoms with Gasteiger partial charge < -0.3 is 10.2 Å². The van der Waals surface area contributed by atoms with Crippen molar-refractivity contribution < 1.29 is 9.63 Å². The predicted molar refractivity (Wildman–Crippen MR) is 45.1 cm³/mol. The summed E-state index contributed by atoms with van der Waals surface area (Å²) in [5.41, 5.74) is 0. The van der Waals surface area contributed by atoms with E-state index in [4.69, 9.17) is 10.7 Å². The summed E-state index contributed by atoms with van der Waals surface area (Å²) >= 11 is 0. The van der Waals surface area contributed by atoms with Gasteiger partial charge >= 0.3 is 0 Å². The lowest BCUT2D eigenvalue weighted by Gasteiger charge is -2.27. The Morgan fingerprint density at radius 3 is 2.92 bits per heavy atom. The van der Waals surface area contributed by atoms with Gasteiger partial charge in [0.05, 0.1) is 6.10 Å². The average molecular weight is 172 g/mol. The molecule has 0 aliphatic heterocycles. The summed E-state index contributed by atoms with van der Waals surface area (Å²) in [6.07, 6.45) is 4.09. The molecule has 0 unspecified atom stereocenters. The van der Waals surface area contributed by atoms with Gasteiger partial charge in [0.2, 0.25) is 5.91 Å². The van der Waals surface area contributed by atoms with Crippen molar-refractivity contribution in [1.29, 1.82) is 0 Å². The lowest BCUT2D eigenvalue weighted by molar-refractivity contribution is -0.120. The molecule has 0 radical (unpaired) electrons. The maximum Gasteiger partial charge on any atom is 0.217 e. The molecule has 0 aromatic carbocycles. The Labute approximate surface area is 72.4 Å². The molecule has 2 atom stereocenters. The second kappa shape index (κ2) is 4.42. The van der Waals surface area contributed by atoms with Crippen LogP contribution in [0.4, 0.5) is 0 Å². The van der Waals surface area contributed by atoms with Crippen molar-refractivity contribution >= 4 is 5.91 Å². The first-order valence-corrected chi connectivity index (χ1v) is 4.35. The van der Waals surface area contributed by atoms with Gasteiger partial charge in [-0.3, -0.25) is 4.79 Å². The van der Waals surface area contributed by atoms with E-state index in [-0.39, 0.29) is 18.1 Å². The van der Waals surface area contributed by atoms with E-state index in [1.54, 1.807) is 0 Å². The molecule has 0 saturated heterocycles. The second-order valence-electron chi connectivity index (χ2n) is 3.32. The minimum absolute atomic E-state index is 0.0256. The summed E-state index contributed by atoms with van der Waals surface area (Å²) in [6, 6.07) is 0.254.